The average Bonchev–Trinajstić information content (AvgIpc) is 3.09. The second-order valence-corrected chi connectivity index (χ2v) is 6.92. The number of hydrogen-bond donors (Lipinski definition) is 2. The molecule has 1 saturated heterocycles. The van der Waals surface area contributed by atoms with Crippen molar-refractivity contribution in [1.29, 1.82) is 0 Å². The highest BCUT2D eigenvalue weighted by Gasteiger charge is 2.38. The first kappa shape index (κ1) is 18.0. The number of allylic oxidation sites excluding steroid dienone is 1. The number of guanidine groups is 1. The van der Waals surface area contributed by atoms with E-state index >= 15 is 0 Å². The Labute approximate surface area is 152 Å². The van der Waals surface area contributed by atoms with Crippen LogP contribution >= 0.6 is 24.0 Å². The molecule has 0 bridgehead atoms. The molecule has 5 heteroatoms. The molecule has 2 aliphatic carbocycles. The first-order valence-electron chi connectivity index (χ1n) is 8.65. The molecule has 3 aliphatic rings. The molecule has 1 saturated carbocycles. The molecule has 2 fully saturated rings. The number of nitrogens with one attached hydrogen (secondary N) is 2. The average molecular weight is 418 g/mol. The molecule has 0 amide bonds. The maximum absolute atomic E-state index is 4.39. The zero-order valence-electron chi connectivity index (χ0n) is 14.0. The second-order valence-electron chi connectivity index (χ2n) is 6.92. The third-order valence-electron chi connectivity index (χ3n) is 5.12. The fourth-order valence-electron chi connectivity index (χ4n) is 3.61. The number of hydrogen-bond acceptors (Lipinski definition) is 2. The van der Waals surface area contributed by atoms with Crippen LogP contribution in [0.25, 0.3) is 0 Å². The molecule has 4 nitrogen and oxygen atoms in total. The molecule has 3 rings (SSSR count). The zero-order valence-corrected chi connectivity index (χ0v) is 16.3. The third-order valence-corrected chi connectivity index (χ3v) is 5.12. The third kappa shape index (κ3) is 4.85. The van der Waals surface area contributed by atoms with Gasteiger partial charge in [-0.3, -0.25) is 9.89 Å². The van der Waals surface area contributed by atoms with Crippen molar-refractivity contribution in [3.05, 3.63) is 11.6 Å². The van der Waals surface area contributed by atoms with Crippen LogP contribution in [0.15, 0.2) is 16.6 Å². The van der Waals surface area contributed by atoms with Gasteiger partial charge < -0.3 is 10.6 Å². The molecule has 0 radical (unpaired) electrons. The van der Waals surface area contributed by atoms with Crippen molar-refractivity contribution < 1.29 is 0 Å². The summed E-state index contributed by atoms with van der Waals surface area (Å²) >= 11 is 0. The molecular formula is C17H31IN4. The lowest BCUT2D eigenvalue weighted by Crippen LogP contribution is -2.46. The van der Waals surface area contributed by atoms with Crippen LogP contribution in [-0.4, -0.2) is 49.6 Å². The first-order valence-corrected chi connectivity index (χ1v) is 8.65. The molecular weight excluding hydrogens is 387 g/mol. The minimum Gasteiger partial charge on any atom is -0.356 e. The summed E-state index contributed by atoms with van der Waals surface area (Å²) in [5.41, 5.74) is 1.62. The number of halogens is 1. The van der Waals surface area contributed by atoms with E-state index in [1.807, 2.05) is 7.05 Å². The van der Waals surface area contributed by atoms with Gasteiger partial charge in [0.25, 0.3) is 0 Å². The Balaban J connectivity index is 0.00000176. The van der Waals surface area contributed by atoms with E-state index in [0.717, 1.165) is 25.0 Å². The number of aliphatic imine (C=N–C) groups is 1. The summed E-state index contributed by atoms with van der Waals surface area (Å²) in [5.74, 6) is 1.68. The van der Waals surface area contributed by atoms with Crippen LogP contribution < -0.4 is 10.6 Å². The lowest BCUT2D eigenvalue weighted by atomic mass is 10.1. The van der Waals surface area contributed by atoms with Gasteiger partial charge in [-0.2, -0.15) is 0 Å². The van der Waals surface area contributed by atoms with Crippen LogP contribution in [0, 0.1) is 5.92 Å². The van der Waals surface area contributed by atoms with Crippen LogP contribution in [0.5, 0.6) is 0 Å². The van der Waals surface area contributed by atoms with E-state index in [-0.39, 0.29) is 24.0 Å². The summed E-state index contributed by atoms with van der Waals surface area (Å²) in [6, 6.07) is 1.42. The van der Waals surface area contributed by atoms with E-state index in [0.29, 0.717) is 12.0 Å². The van der Waals surface area contributed by atoms with Crippen molar-refractivity contribution in [1.82, 2.24) is 15.5 Å². The van der Waals surface area contributed by atoms with E-state index in [9.17, 15) is 0 Å². The van der Waals surface area contributed by atoms with Crippen LogP contribution in [0.1, 0.15) is 45.4 Å². The van der Waals surface area contributed by atoms with E-state index in [1.54, 1.807) is 5.57 Å². The summed E-state index contributed by atoms with van der Waals surface area (Å²) in [7, 11) is 1.88. The van der Waals surface area contributed by atoms with Crippen LogP contribution in [0.3, 0.4) is 0 Å². The molecule has 2 N–H and O–H groups in total. The van der Waals surface area contributed by atoms with Crippen molar-refractivity contribution in [2.24, 2.45) is 10.9 Å². The minimum absolute atomic E-state index is 0. The van der Waals surface area contributed by atoms with E-state index in [1.165, 1.54) is 45.2 Å². The lowest BCUT2D eigenvalue weighted by Gasteiger charge is -2.20. The van der Waals surface area contributed by atoms with Gasteiger partial charge in [0.2, 0.25) is 0 Å². The molecule has 1 heterocycles. The summed E-state index contributed by atoms with van der Waals surface area (Å²) in [4.78, 5) is 7.04. The Kier molecular flexibility index (Phi) is 6.99. The highest BCUT2D eigenvalue weighted by molar-refractivity contribution is 14.0. The Morgan fingerprint density at radius 3 is 2.82 bits per heavy atom. The summed E-state index contributed by atoms with van der Waals surface area (Å²) in [6.07, 6.45) is 10.3. The molecule has 2 unspecified atom stereocenters. The fraction of sp³-hybridized carbons (Fsp3) is 0.824. The number of nitrogens with zero attached hydrogens (tertiary/aromatic N) is 2. The van der Waals surface area contributed by atoms with Gasteiger partial charge in [0, 0.05) is 38.8 Å². The van der Waals surface area contributed by atoms with Crippen molar-refractivity contribution in [3.63, 3.8) is 0 Å². The molecule has 1 aliphatic heterocycles. The number of rotatable bonds is 5. The molecule has 126 valence electrons. The van der Waals surface area contributed by atoms with Crippen LogP contribution in [0.2, 0.25) is 0 Å². The highest BCUT2D eigenvalue weighted by atomic mass is 127. The van der Waals surface area contributed by atoms with E-state index < -0.39 is 0 Å². The van der Waals surface area contributed by atoms with Crippen molar-refractivity contribution >= 4 is 29.9 Å². The topological polar surface area (TPSA) is 39.7 Å². The molecule has 0 spiro atoms. The molecule has 0 aromatic rings. The van der Waals surface area contributed by atoms with Gasteiger partial charge >= 0.3 is 0 Å². The van der Waals surface area contributed by atoms with Gasteiger partial charge in [0.05, 0.1) is 0 Å². The summed E-state index contributed by atoms with van der Waals surface area (Å²) in [6.45, 7) is 5.78. The normalized spacial score (nSPS) is 29.2. The Bertz CT molecular complexity index is 417. The molecule has 2 atom stereocenters. The van der Waals surface area contributed by atoms with Crippen molar-refractivity contribution in [3.8, 4) is 0 Å². The fourth-order valence-corrected chi connectivity index (χ4v) is 3.61. The standard InChI is InChI=1S/C17H30N4.HI/c1-13-11-21(15-7-8-15)12-16(13)20-17(18-2)19-10-9-14-5-3-4-6-14;/h5,13,15-16H,3-4,6-12H2,1-2H3,(H2,18,19,20);1H. The summed E-state index contributed by atoms with van der Waals surface area (Å²) in [5, 5.41) is 7.11. The maximum Gasteiger partial charge on any atom is 0.191 e. The first-order chi connectivity index (χ1) is 10.3. The highest BCUT2D eigenvalue weighted by Crippen LogP contribution is 2.31. The van der Waals surface area contributed by atoms with E-state index in [4.69, 9.17) is 0 Å². The quantitative estimate of drug-likeness (QED) is 0.312. The van der Waals surface area contributed by atoms with Gasteiger partial charge in [-0.25, -0.2) is 0 Å². The van der Waals surface area contributed by atoms with Gasteiger partial charge in [-0.1, -0.05) is 18.6 Å². The predicted octanol–water partition coefficient (Wildman–Crippen LogP) is 2.75. The van der Waals surface area contributed by atoms with Crippen LogP contribution in [0.4, 0.5) is 0 Å². The number of likely N-dealkylation sites (tertiary alicyclic amines) is 1. The monoisotopic (exact) mass is 418 g/mol. The smallest absolute Gasteiger partial charge is 0.191 e. The molecule has 0 aromatic heterocycles. The largest absolute Gasteiger partial charge is 0.356 e. The second kappa shape index (κ2) is 8.52. The van der Waals surface area contributed by atoms with Crippen LogP contribution in [-0.2, 0) is 0 Å². The molecule has 0 aromatic carbocycles. The van der Waals surface area contributed by atoms with Gasteiger partial charge in [0.15, 0.2) is 5.96 Å². The Morgan fingerprint density at radius 1 is 1.36 bits per heavy atom. The Morgan fingerprint density at radius 2 is 2.18 bits per heavy atom. The minimum atomic E-state index is 0. The maximum atomic E-state index is 4.39. The SMILES string of the molecule is CN=C(NCCC1=CCCC1)NC1CN(C2CC2)CC1C.I. The van der Waals surface area contributed by atoms with Gasteiger partial charge in [-0.15, -0.1) is 24.0 Å². The Hall–Kier alpha value is -0.300. The predicted molar refractivity (Wildman–Crippen MR) is 104 cm³/mol. The van der Waals surface area contributed by atoms with Crippen molar-refractivity contribution in [2.75, 3.05) is 26.7 Å². The van der Waals surface area contributed by atoms with Crippen molar-refractivity contribution in [2.45, 2.75) is 57.5 Å². The van der Waals surface area contributed by atoms with Gasteiger partial charge in [-0.05, 0) is 44.4 Å². The van der Waals surface area contributed by atoms with Gasteiger partial charge in [0.1, 0.15) is 0 Å². The zero-order chi connectivity index (χ0) is 14.7. The summed E-state index contributed by atoms with van der Waals surface area (Å²) < 4.78 is 0. The van der Waals surface area contributed by atoms with E-state index in [2.05, 4.69) is 33.5 Å². The molecule has 22 heavy (non-hydrogen) atoms. The lowest BCUT2D eigenvalue weighted by molar-refractivity contribution is 0.315.